The van der Waals surface area contributed by atoms with Gasteiger partial charge in [0.15, 0.2) is 5.65 Å². The lowest BCUT2D eigenvalue weighted by Gasteiger charge is -2.36. The number of aryl methyl sites for hydroxylation is 1. The third-order valence-electron chi connectivity index (χ3n) is 6.18. The van der Waals surface area contributed by atoms with Gasteiger partial charge < -0.3 is 14.7 Å². The lowest BCUT2D eigenvalue weighted by molar-refractivity contribution is -0.136. The lowest BCUT2D eigenvalue weighted by Crippen LogP contribution is -2.51. The Labute approximate surface area is 180 Å². The Bertz CT molecular complexity index is 1110. The lowest BCUT2D eigenvalue weighted by atomic mass is 10.1. The van der Waals surface area contributed by atoms with Crippen molar-refractivity contribution >= 4 is 28.7 Å². The van der Waals surface area contributed by atoms with Crippen molar-refractivity contribution in [3.8, 4) is 0 Å². The third-order valence-corrected chi connectivity index (χ3v) is 6.18. The number of piperazine rings is 1. The van der Waals surface area contributed by atoms with Crippen LogP contribution in [0.1, 0.15) is 12.0 Å². The van der Waals surface area contributed by atoms with Crippen molar-refractivity contribution in [1.29, 1.82) is 0 Å². The molecule has 0 unspecified atom stereocenters. The first kappa shape index (κ1) is 19.5. The van der Waals surface area contributed by atoms with Crippen molar-refractivity contribution in [1.82, 2.24) is 29.5 Å². The van der Waals surface area contributed by atoms with Gasteiger partial charge in [-0.15, -0.1) is 0 Å². The minimum absolute atomic E-state index is 0.0563. The van der Waals surface area contributed by atoms with E-state index in [2.05, 4.69) is 20.0 Å². The average Bonchev–Trinajstić information content (AvgIpc) is 3.37. The van der Waals surface area contributed by atoms with E-state index in [-0.39, 0.29) is 17.7 Å². The van der Waals surface area contributed by atoms with Crippen LogP contribution < -0.4 is 4.90 Å². The Morgan fingerprint density at radius 2 is 1.87 bits per heavy atom. The summed E-state index contributed by atoms with van der Waals surface area (Å²) in [6.45, 7) is 3.69. The summed E-state index contributed by atoms with van der Waals surface area (Å²) in [5.74, 6) is 0.737. The van der Waals surface area contributed by atoms with Gasteiger partial charge in [0.1, 0.15) is 12.1 Å². The largest absolute Gasteiger partial charge is 0.352 e. The molecule has 0 bridgehead atoms. The highest BCUT2D eigenvalue weighted by atomic mass is 16.2. The molecule has 4 heterocycles. The number of fused-ring (bicyclic) bond motifs is 1. The minimum atomic E-state index is -0.258. The number of carbonyl (C=O) groups is 2. The molecule has 2 amide bonds. The van der Waals surface area contributed by atoms with E-state index in [1.54, 1.807) is 22.1 Å². The summed E-state index contributed by atoms with van der Waals surface area (Å²) in [7, 11) is 1.86. The van der Waals surface area contributed by atoms with E-state index in [0.717, 1.165) is 22.4 Å². The van der Waals surface area contributed by atoms with Crippen LogP contribution in [0.25, 0.3) is 11.0 Å². The Hall–Kier alpha value is -3.49. The second-order valence-electron chi connectivity index (χ2n) is 8.18. The van der Waals surface area contributed by atoms with E-state index in [1.165, 1.54) is 0 Å². The summed E-state index contributed by atoms with van der Waals surface area (Å²) in [4.78, 5) is 40.2. The van der Waals surface area contributed by atoms with Crippen LogP contribution in [0.15, 0.2) is 42.9 Å². The SMILES string of the molecule is Cn1ncc2c(N3CCN(C(=O)[C@H]4CC(=O)N(Cc5ccccc5)C4)CC3)ncnc21. The highest BCUT2D eigenvalue weighted by Gasteiger charge is 2.37. The topological polar surface area (TPSA) is 87.5 Å². The molecule has 2 aliphatic rings. The van der Waals surface area contributed by atoms with E-state index >= 15 is 0 Å². The average molecular weight is 419 g/mol. The summed E-state index contributed by atoms with van der Waals surface area (Å²) >= 11 is 0. The molecule has 9 nitrogen and oxygen atoms in total. The van der Waals surface area contributed by atoms with Crippen LogP contribution in [0.4, 0.5) is 5.82 Å². The van der Waals surface area contributed by atoms with Crippen LogP contribution >= 0.6 is 0 Å². The molecule has 2 aliphatic heterocycles. The molecule has 0 saturated carbocycles. The maximum Gasteiger partial charge on any atom is 0.228 e. The number of carbonyl (C=O) groups excluding carboxylic acids is 2. The van der Waals surface area contributed by atoms with Crippen LogP contribution in [0.5, 0.6) is 0 Å². The molecule has 3 aromatic rings. The van der Waals surface area contributed by atoms with Gasteiger partial charge in [-0.25, -0.2) is 9.97 Å². The number of nitrogens with zero attached hydrogens (tertiary/aromatic N) is 7. The molecule has 0 radical (unpaired) electrons. The van der Waals surface area contributed by atoms with Crippen LogP contribution in [-0.4, -0.2) is 74.1 Å². The standard InChI is InChI=1S/C22H25N7O2/c1-26-20-18(12-25-26)21(24-15-23-20)27-7-9-28(10-8-27)22(31)17-11-19(30)29(14-17)13-16-5-3-2-4-6-16/h2-6,12,15,17H,7-11,13-14H2,1H3/t17-/m0/s1. The van der Waals surface area contributed by atoms with Gasteiger partial charge >= 0.3 is 0 Å². The van der Waals surface area contributed by atoms with Crippen molar-refractivity contribution in [2.75, 3.05) is 37.6 Å². The molecule has 0 N–H and O–H groups in total. The Balaban J connectivity index is 1.21. The monoisotopic (exact) mass is 419 g/mol. The number of hydrogen-bond acceptors (Lipinski definition) is 6. The highest BCUT2D eigenvalue weighted by molar-refractivity contribution is 5.90. The first-order valence-corrected chi connectivity index (χ1v) is 10.6. The molecule has 2 fully saturated rings. The first-order chi connectivity index (χ1) is 15.1. The van der Waals surface area contributed by atoms with Crippen LogP contribution in [0.2, 0.25) is 0 Å². The van der Waals surface area contributed by atoms with Crippen molar-refractivity contribution in [3.63, 3.8) is 0 Å². The fourth-order valence-electron chi connectivity index (χ4n) is 4.49. The fraction of sp³-hybridized carbons (Fsp3) is 0.409. The Morgan fingerprint density at radius 1 is 1.10 bits per heavy atom. The number of amides is 2. The van der Waals surface area contributed by atoms with Gasteiger partial charge in [-0.1, -0.05) is 30.3 Å². The number of hydrogen-bond donors (Lipinski definition) is 0. The molecule has 160 valence electrons. The quantitative estimate of drug-likeness (QED) is 0.629. The predicted octanol–water partition coefficient (Wildman–Crippen LogP) is 1.06. The minimum Gasteiger partial charge on any atom is -0.352 e. The van der Waals surface area contributed by atoms with E-state index in [1.807, 2.05) is 42.3 Å². The van der Waals surface area contributed by atoms with Crippen LogP contribution in [-0.2, 0) is 23.2 Å². The summed E-state index contributed by atoms with van der Waals surface area (Å²) in [6.07, 6.45) is 3.64. The van der Waals surface area contributed by atoms with Gasteiger partial charge in [0.2, 0.25) is 11.8 Å². The predicted molar refractivity (Wildman–Crippen MR) is 115 cm³/mol. The number of rotatable bonds is 4. The normalized spacial score (nSPS) is 19.5. The first-order valence-electron chi connectivity index (χ1n) is 10.6. The molecule has 31 heavy (non-hydrogen) atoms. The summed E-state index contributed by atoms with van der Waals surface area (Å²) in [5.41, 5.74) is 1.88. The van der Waals surface area contributed by atoms with Gasteiger partial charge in [-0.05, 0) is 5.56 Å². The second kappa shape index (κ2) is 7.98. The molecule has 2 aromatic heterocycles. The number of anilines is 1. The molecule has 0 aliphatic carbocycles. The maximum absolute atomic E-state index is 13.1. The van der Waals surface area contributed by atoms with Crippen molar-refractivity contribution in [3.05, 3.63) is 48.4 Å². The third kappa shape index (κ3) is 3.71. The molecular formula is C22H25N7O2. The maximum atomic E-state index is 13.1. The zero-order valence-corrected chi connectivity index (χ0v) is 17.5. The zero-order valence-electron chi connectivity index (χ0n) is 17.5. The van der Waals surface area contributed by atoms with Gasteiger partial charge in [0.05, 0.1) is 17.5 Å². The van der Waals surface area contributed by atoms with Crippen molar-refractivity contribution < 1.29 is 9.59 Å². The molecule has 1 aromatic carbocycles. The molecule has 0 spiro atoms. The summed E-state index contributed by atoms with van der Waals surface area (Å²) in [5, 5.41) is 5.20. The Morgan fingerprint density at radius 3 is 2.65 bits per heavy atom. The molecular weight excluding hydrogens is 394 g/mol. The molecule has 1 atom stereocenters. The van der Waals surface area contributed by atoms with Crippen LogP contribution in [0, 0.1) is 5.92 Å². The zero-order chi connectivity index (χ0) is 21.4. The van der Waals surface area contributed by atoms with Crippen LogP contribution in [0.3, 0.4) is 0 Å². The molecule has 5 rings (SSSR count). The molecule has 9 heteroatoms. The smallest absolute Gasteiger partial charge is 0.228 e. The van der Waals surface area contributed by atoms with Crippen molar-refractivity contribution in [2.24, 2.45) is 13.0 Å². The van der Waals surface area contributed by atoms with Gasteiger partial charge in [-0.3, -0.25) is 14.3 Å². The van der Waals surface area contributed by atoms with Crippen molar-refractivity contribution in [2.45, 2.75) is 13.0 Å². The molecule has 2 saturated heterocycles. The van der Waals surface area contributed by atoms with E-state index < -0.39 is 0 Å². The van der Waals surface area contributed by atoms with Gasteiger partial charge in [-0.2, -0.15) is 5.10 Å². The van der Waals surface area contributed by atoms with E-state index in [9.17, 15) is 9.59 Å². The number of benzene rings is 1. The van der Waals surface area contributed by atoms with E-state index in [0.29, 0.717) is 45.7 Å². The number of likely N-dealkylation sites (tertiary alicyclic amines) is 1. The fourth-order valence-corrected chi connectivity index (χ4v) is 4.49. The second-order valence-corrected chi connectivity index (χ2v) is 8.18. The van der Waals surface area contributed by atoms with E-state index in [4.69, 9.17) is 0 Å². The summed E-state index contributed by atoms with van der Waals surface area (Å²) in [6, 6.07) is 9.91. The Kier molecular flexibility index (Phi) is 5.01. The summed E-state index contributed by atoms with van der Waals surface area (Å²) < 4.78 is 1.73. The number of aromatic nitrogens is 4. The van der Waals surface area contributed by atoms with Gasteiger partial charge in [0.25, 0.3) is 0 Å². The highest BCUT2D eigenvalue weighted by Crippen LogP contribution is 2.25. The van der Waals surface area contributed by atoms with Gasteiger partial charge in [0, 0.05) is 52.7 Å².